The summed E-state index contributed by atoms with van der Waals surface area (Å²) in [6, 6.07) is 8.44. The van der Waals surface area contributed by atoms with Crippen LogP contribution in [0, 0.1) is 0 Å². The van der Waals surface area contributed by atoms with Gasteiger partial charge in [-0.3, -0.25) is 9.88 Å². The molecule has 4 rings (SSSR count). The molecule has 5 heteroatoms. The topological polar surface area (TPSA) is 48.5 Å². The number of fused-ring (bicyclic) bond motifs is 1. The molecule has 0 spiro atoms. The van der Waals surface area contributed by atoms with E-state index in [1.54, 1.807) is 6.20 Å². The quantitative estimate of drug-likeness (QED) is 0.922. The number of aromatic nitrogens is 1. The van der Waals surface area contributed by atoms with Gasteiger partial charge in [0.15, 0.2) is 0 Å². The van der Waals surface area contributed by atoms with E-state index in [4.69, 9.17) is 0 Å². The van der Waals surface area contributed by atoms with E-state index in [0.29, 0.717) is 6.04 Å². The van der Waals surface area contributed by atoms with Crippen molar-refractivity contribution in [1.82, 2.24) is 14.8 Å². The molecule has 2 aliphatic rings. The highest BCUT2D eigenvalue weighted by molar-refractivity contribution is 6.01. The van der Waals surface area contributed by atoms with E-state index >= 15 is 0 Å². The van der Waals surface area contributed by atoms with Crippen LogP contribution in [0.15, 0.2) is 36.7 Å². The first kappa shape index (κ1) is 15.4. The molecule has 0 aliphatic carbocycles. The Labute approximate surface area is 142 Å². The van der Waals surface area contributed by atoms with Crippen molar-refractivity contribution in [3.8, 4) is 0 Å². The Morgan fingerprint density at radius 1 is 1.12 bits per heavy atom. The van der Waals surface area contributed by atoms with Crippen LogP contribution in [0.5, 0.6) is 0 Å². The van der Waals surface area contributed by atoms with Gasteiger partial charge in [-0.05, 0) is 50.9 Å². The zero-order valence-electron chi connectivity index (χ0n) is 13.9. The molecule has 126 valence electrons. The van der Waals surface area contributed by atoms with Crippen molar-refractivity contribution in [2.45, 2.75) is 31.7 Å². The average molecular weight is 324 g/mol. The van der Waals surface area contributed by atoms with Crippen molar-refractivity contribution >= 4 is 22.5 Å². The van der Waals surface area contributed by atoms with Gasteiger partial charge in [0, 0.05) is 42.3 Å². The Kier molecular flexibility index (Phi) is 4.34. The fourth-order valence-electron chi connectivity index (χ4n) is 3.97. The van der Waals surface area contributed by atoms with Gasteiger partial charge in [-0.15, -0.1) is 0 Å². The maximum absolute atomic E-state index is 12.8. The van der Waals surface area contributed by atoms with Gasteiger partial charge in [0.25, 0.3) is 0 Å². The zero-order valence-corrected chi connectivity index (χ0v) is 13.9. The number of urea groups is 1. The number of hydrogen-bond acceptors (Lipinski definition) is 3. The highest BCUT2D eigenvalue weighted by Gasteiger charge is 2.29. The second-order valence-electron chi connectivity index (χ2n) is 6.82. The predicted octanol–water partition coefficient (Wildman–Crippen LogP) is 3.33. The standard InChI is InChI=1S/C19H24N4O/c24-19(21-18-7-3-5-15-13-20-9-8-17(15)18)23-12-4-6-16(14-23)22-10-1-2-11-22/h3,5,7-9,13,16H,1-2,4,6,10-12,14H2,(H,21,24). The van der Waals surface area contributed by atoms with E-state index in [1.807, 2.05) is 35.4 Å². The molecule has 1 atom stereocenters. The number of amides is 2. The number of carbonyl (C=O) groups excluding carboxylic acids is 1. The average Bonchev–Trinajstić information content (AvgIpc) is 3.17. The molecular formula is C19H24N4O. The molecule has 5 nitrogen and oxygen atoms in total. The number of hydrogen-bond donors (Lipinski definition) is 1. The second-order valence-corrected chi connectivity index (χ2v) is 6.82. The van der Waals surface area contributed by atoms with Crippen molar-refractivity contribution in [2.75, 3.05) is 31.5 Å². The van der Waals surface area contributed by atoms with Crippen LogP contribution in [0.2, 0.25) is 0 Å². The molecule has 2 amide bonds. The monoisotopic (exact) mass is 324 g/mol. The first-order valence-electron chi connectivity index (χ1n) is 8.94. The van der Waals surface area contributed by atoms with Crippen LogP contribution >= 0.6 is 0 Å². The summed E-state index contributed by atoms with van der Waals surface area (Å²) in [5.41, 5.74) is 0.864. The van der Waals surface area contributed by atoms with Crippen LogP contribution in [0.3, 0.4) is 0 Å². The number of pyridine rings is 1. The van der Waals surface area contributed by atoms with Gasteiger partial charge in [-0.25, -0.2) is 4.79 Å². The molecule has 24 heavy (non-hydrogen) atoms. The number of anilines is 1. The van der Waals surface area contributed by atoms with Gasteiger partial charge in [-0.1, -0.05) is 12.1 Å². The third-order valence-corrected chi connectivity index (χ3v) is 5.26. The van der Waals surface area contributed by atoms with Gasteiger partial charge in [-0.2, -0.15) is 0 Å². The van der Waals surface area contributed by atoms with Crippen molar-refractivity contribution in [3.63, 3.8) is 0 Å². The second kappa shape index (κ2) is 6.77. The minimum absolute atomic E-state index is 0.0169. The molecule has 1 aromatic carbocycles. The van der Waals surface area contributed by atoms with E-state index in [0.717, 1.165) is 36.0 Å². The highest BCUT2D eigenvalue weighted by atomic mass is 16.2. The molecule has 3 heterocycles. The first-order valence-corrected chi connectivity index (χ1v) is 8.94. The largest absolute Gasteiger partial charge is 0.323 e. The van der Waals surface area contributed by atoms with Crippen LogP contribution in [-0.4, -0.2) is 53.0 Å². The fraction of sp³-hybridized carbons (Fsp3) is 0.474. The number of rotatable bonds is 2. The SMILES string of the molecule is O=C(Nc1cccc2cnccc12)N1CCCC(N2CCCC2)C1. The third-order valence-electron chi connectivity index (χ3n) is 5.26. The van der Waals surface area contributed by atoms with Crippen LogP contribution < -0.4 is 5.32 Å². The highest BCUT2D eigenvalue weighted by Crippen LogP contribution is 2.24. The smallest absolute Gasteiger partial charge is 0.321 e. The Bertz CT molecular complexity index is 721. The molecule has 2 fully saturated rings. The van der Waals surface area contributed by atoms with Crippen molar-refractivity contribution in [3.05, 3.63) is 36.7 Å². The summed E-state index contributed by atoms with van der Waals surface area (Å²) in [4.78, 5) is 21.4. The summed E-state index contributed by atoms with van der Waals surface area (Å²) < 4.78 is 0. The van der Waals surface area contributed by atoms with Gasteiger partial charge in [0.05, 0.1) is 5.69 Å². The number of benzene rings is 1. The lowest BCUT2D eigenvalue weighted by Crippen LogP contribution is -2.50. The molecule has 1 unspecified atom stereocenters. The summed E-state index contributed by atoms with van der Waals surface area (Å²) >= 11 is 0. The lowest BCUT2D eigenvalue weighted by molar-refractivity contribution is 0.132. The van der Waals surface area contributed by atoms with Crippen LogP contribution in [0.1, 0.15) is 25.7 Å². The summed E-state index contributed by atoms with van der Waals surface area (Å²) in [6.07, 6.45) is 8.49. The third kappa shape index (κ3) is 3.08. The summed E-state index contributed by atoms with van der Waals surface area (Å²) in [5.74, 6) is 0. The van der Waals surface area contributed by atoms with Gasteiger partial charge >= 0.3 is 6.03 Å². The number of piperidine rings is 1. The zero-order chi connectivity index (χ0) is 16.4. The summed E-state index contributed by atoms with van der Waals surface area (Å²) in [5, 5.41) is 5.19. The molecule has 2 aromatic rings. The molecule has 1 N–H and O–H groups in total. The van der Waals surface area contributed by atoms with E-state index in [2.05, 4.69) is 15.2 Å². The van der Waals surface area contributed by atoms with Gasteiger partial charge < -0.3 is 10.2 Å². The molecule has 0 saturated carbocycles. The van der Waals surface area contributed by atoms with Crippen molar-refractivity contribution < 1.29 is 4.79 Å². The molecule has 0 radical (unpaired) electrons. The first-order chi connectivity index (χ1) is 11.8. The van der Waals surface area contributed by atoms with Crippen LogP contribution in [0.25, 0.3) is 10.8 Å². The number of carbonyl (C=O) groups is 1. The Balaban J connectivity index is 1.47. The van der Waals surface area contributed by atoms with E-state index < -0.39 is 0 Å². The molecule has 1 aromatic heterocycles. The van der Waals surface area contributed by atoms with Crippen molar-refractivity contribution in [2.24, 2.45) is 0 Å². The maximum Gasteiger partial charge on any atom is 0.321 e. The predicted molar refractivity (Wildman–Crippen MR) is 96.2 cm³/mol. The van der Waals surface area contributed by atoms with Crippen molar-refractivity contribution in [1.29, 1.82) is 0 Å². The van der Waals surface area contributed by atoms with Crippen LogP contribution in [0.4, 0.5) is 10.5 Å². The molecule has 2 aliphatic heterocycles. The molecular weight excluding hydrogens is 300 g/mol. The molecule has 2 saturated heterocycles. The minimum atomic E-state index is 0.0169. The fourth-order valence-corrected chi connectivity index (χ4v) is 3.97. The normalized spacial score (nSPS) is 22.0. The summed E-state index contributed by atoms with van der Waals surface area (Å²) in [6.45, 7) is 4.08. The lowest BCUT2D eigenvalue weighted by atomic mass is 10.0. The maximum atomic E-state index is 12.8. The Hall–Kier alpha value is -2.14. The Morgan fingerprint density at radius 2 is 2.00 bits per heavy atom. The minimum Gasteiger partial charge on any atom is -0.323 e. The Morgan fingerprint density at radius 3 is 2.88 bits per heavy atom. The van der Waals surface area contributed by atoms with Gasteiger partial charge in [0.2, 0.25) is 0 Å². The number of nitrogens with one attached hydrogen (secondary N) is 1. The van der Waals surface area contributed by atoms with E-state index in [1.165, 1.54) is 32.4 Å². The number of nitrogens with zero attached hydrogens (tertiary/aromatic N) is 3. The summed E-state index contributed by atoms with van der Waals surface area (Å²) in [7, 11) is 0. The molecule has 0 bridgehead atoms. The van der Waals surface area contributed by atoms with Crippen LogP contribution in [-0.2, 0) is 0 Å². The van der Waals surface area contributed by atoms with E-state index in [9.17, 15) is 4.79 Å². The lowest BCUT2D eigenvalue weighted by Gasteiger charge is -2.37. The van der Waals surface area contributed by atoms with E-state index in [-0.39, 0.29) is 6.03 Å². The van der Waals surface area contributed by atoms with Gasteiger partial charge in [0.1, 0.15) is 0 Å². The number of likely N-dealkylation sites (tertiary alicyclic amines) is 2.